The van der Waals surface area contributed by atoms with Crippen molar-refractivity contribution in [2.75, 3.05) is 6.54 Å². The maximum atomic E-state index is 13.9. The first-order chi connectivity index (χ1) is 22.1. The normalized spacial score (nSPS) is 12.6. The van der Waals surface area contributed by atoms with E-state index in [1.54, 1.807) is 36.1 Å². The second-order valence-electron chi connectivity index (χ2n) is 11.2. The van der Waals surface area contributed by atoms with E-state index in [0.29, 0.717) is 86.7 Å². The summed E-state index contributed by atoms with van der Waals surface area (Å²) in [6.45, 7) is 6.54. The van der Waals surface area contributed by atoms with Crippen LogP contribution in [-0.4, -0.2) is 33.2 Å². The van der Waals surface area contributed by atoms with Gasteiger partial charge in [0, 0.05) is 30.5 Å². The second-order valence-corrected chi connectivity index (χ2v) is 12.3. The van der Waals surface area contributed by atoms with E-state index in [-0.39, 0.29) is 18.3 Å². The number of benzene rings is 2. The third-order valence-electron chi connectivity index (χ3n) is 7.89. The van der Waals surface area contributed by atoms with E-state index >= 15 is 0 Å². The molecule has 1 N–H and O–H groups in total. The zero-order chi connectivity index (χ0) is 32.5. The number of carbonyl (C=O) groups excluding carboxylic acids is 2. The minimum atomic E-state index is -0.987. The number of nitrogens with zero attached hydrogens (tertiary/aromatic N) is 3. The SMILES string of the molecule is CCCN1Cc2nc(CCc3ccc(F)cc3)c(-c3oc(C)nc3C)c(-c3ccc(C(=O)NCc4ccc(F)c(F)c4)s3)c2C1=O. The Labute approximate surface area is 268 Å². The van der Waals surface area contributed by atoms with Gasteiger partial charge in [-0.25, -0.2) is 18.2 Å². The molecule has 0 bridgehead atoms. The Balaban J connectivity index is 1.44. The summed E-state index contributed by atoms with van der Waals surface area (Å²) in [6.07, 6.45) is 1.83. The lowest BCUT2D eigenvalue weighted by Crippen LogP contribution is -2.24. The van der Waals surface area contributed by atoms with E-state index in [1.165, 1.54) is 29.5 Å². The number of thiophene rings is 1. The molecular formula is C35H31F3N4O3S. The van der Waals surface area contributed by atoms with Gasteiger partial charge in [-0.05, 0) is 73.7 Å². The highest BCUT2D eigenvalue weighted by atomic mass is 32.1. The fourth-order valence-corrected chi connectivity index (χ4v) is 6.74. The Morgan fingerprint density at radius 1 is 0.935 bits per heavy atom. The summed E-state index contributed by atoms with van der Waals surface area (Å²) < 4.78 is 46.8. The minimum Gasteiger partial charge on any atom is -0.441 e. The first-order valence-electron chi connectivity index (χ1n) is 15.0. The molecule has 11 heteroatoms. The predicted octanol–water partition coefficient (Wildman–Crippen LogP) is 7.58. The molecule has 0 unspecified atom stereocenters. The average molecular weight is 645 g/mol. The van der Waals surface area contributed by atoms with Crippen LogP contribution in [0.15, 0.2) is 59.0 Å². The largest absolute Gasteiger partial charge is 0.441 e. The Kier molecular flexibility index (Phi) is 8.77. The van der Waals surface area contributed by atoms with Crippen LogP contribution in [0.4, 0.5) is 13.2 Å². The van der Waals surface area contributed by atoms with Gasteiger partial charge in [0.2, 0.25) is 0 Å². The second kappa shape index (κ2) is 12.9. The first-order valence-corrected chi connectivity index (χ1v) is 15.8. The van der Waals surface area contributed by atoms with Gasteiger partial charge in [0.25, 0.3) is 11.8 Å². The first kappa shape index (κ1) is 31.2. The molecule has 1 aliphatic heterocycles. The number of rotatable bonds is 10. The molecule has 0 radical (unpaired) electrons. The van der Waals surface area contributed by atoms with Gasteiger partial charge in [0.1, 0.15) is 5.82 Å². The lowest BCUT2D eigenvalue weighted by molar-refractivity contribution is 0.0778. The molecular weight excluding hydrogens is 613 g/mol. The van der Waals surface area contributed by atoms with Crippen molar-refractivity contribution in [3.05, 3.63) is 117 Å². The molecule has 0 atom stereocenters. The van der Waals surface area contributed by atoms with Crippen molar-refractivity contribution in [2.24, 2.45) is 0 Å². The molecule has 0 aliphatic carbocycles. The van der Waals surface area contributed by atoms with Gasteiger partial charge in [-0.15, -0.1) is 11.3 Å². The fraction of sp³-hybridized carbons (Fsp3) is 0.257. The minimum absolute atomic E-state index is 0.00764. The van der Waals surface area contributed by atoms with Gasteiger partial charge in [-0.2, -0.15) is 0 Å². The monoisotopic (exact) mass is 644 g/mol. The van der Waals surface area contributed by atoms with Crippen LogP contribution in [0.1, 0.15) is 67.5 Å². The molecule has 0 spiro atoms. The number of nitrogens with one attached hydrogen (secondary N) is 1. The standard InChI is InChI=1S/C35H31F3N4O3S/c1-4-15-42-18-27-31(35(42)44)32(28-13-14-29(46-28)34(43)39-17-22-7-11-24(37)25(38)16-22)30(33-19(2)40-20(3)45-33)26(41-27)12-8-21-5-9-23(36)10-6-21/h5-7,9-11,13-14,16H,4,8,12,15,17-18H2,1-3H3,(H,39,43). The molecule has 2 amide bonds. The summed E-state index contributed by atoms with van der Waals surface area (Å²) in [6, 6.07) is 13.3. The number of halogens is 3. The molecule has 0 saturated carbocycles. The lowest BCUT2D eigenvalue weighted by Gasteiger charge is -2.16. The van der Waals surface area contributed by atoms with Gasteiger partial charge < -0.3 is 14.6 Å². The van der Waals surface area contributed by atoms with Crippen molar-refractivity contribution in [1.29, 1.82) is 0 Å². The number of oxazole rings is 1. The zero-order valence-corrected chi connectivity index (χ0v) is 26.4. The molecule has 0 saturated heterocycles. The number of aromatic nitrogens is 2. The predicted molar refractivity (Wildman–Crippen MR) is 169 cm³/mol. The molecule has 0 fully saturated rings. The summed E-state index contributed by atoms with van der Waals surface area (Å²) in [5.41, 5.74) is 5.09. The van der Waals surface area contributed by atoms with E-state index in [4.69, 9.17) is 9.40 Å². The Bertz CT molecular complexity index is 1950. The number of hydrogen-bond donors (Lipinski definition) is 1. The highest BCUT2D eigenvalue weighted by Gasteiger charge is 2.36. The van der Waals surface area contributed by atoms with E-state index < -0.39 is 17.5 Å². The Hall–Kier alpha value is -4.77. The van der Waals surface area contributed by atoms with Crippen LogP contribution < -0.4 is 5.32 Å². The van der Waals surface area contributed by atoms with Crippen LogP contribution in [0.25, 0.3) is 21.8 Å². The quantitative estimate of drug-likeness (QED) is 0.169. The number of fused-ring (bicyclic) bond motifs is 1. The van der Waals surface area contributed by atoms with Crippen LogP contribution in [0.3, 0.4) is 0 Å². The third-order valence-corrected chi connectivity index (χ3v) is 8.99. The molecule has 7 nitrogen and oxygen atoms in total. The molecule has 46 heavy (non-hydrogen) atoms. The molecule has 3 aromatic heterocycles. The van der Waals surface area contributed by atoms with Crippen molar-refractivity contribution >= 4 is 23.2 Å². The lowest BCUT2D eigenvalue weighted by atomic mass is 9.92. The van der Waals surface area contributed by atoms with Crippen molar-refractivity contribution in [2.45, 2.75) is 53.1 Å². The number of aryl methyl sites for hydroxylation is 4. The topological polar surface area (TPSA) is 88.3 Å². The number of pyridine rings is 1. The summed E-state index contributed by atoms with van der Waals surface area (Å²) in [5, 5.41) is 2.76. The van der Waals surface area contributed by atoms with E-state index in [1.807, 2.05) is 13.8 Å². The molecule has 5 aromatic rings. The highest BCUT2D eigenvalue weighted by Crippen LogP contribution is 2.45. The van der Waals surface area contributed by atoms with E-state index in [9.17, 15) is 22.8 Å². The van der Waals surface area contributed by atoms with Gasteiger partial charge in [-0.3, -0.25) is 14.6 Å². The molecule has 6 rings (SSSR count). The maximum absolute atomic E-state index is 13.9. The van der Waals surface area contributed by atoms with Crippen molar-refractivity contribution in [3.63, 3.8) is 0 Å². The van der Waals surface area contributed by atoms with Crippen LogP contribution >= 0.6 is 11.3 Å². The van der Waals surface area contributed by atoms with Gasteiger partial charge in [0.15, 0.2) is 23.3 Å². The van der Waals surface area contributed by atoms with Gasteiger partial charge in [-0.1, -0.05) is 25.1 Å². The van der Waals surface area contributed by atoms with Gasteiger partial charge >= 0.3 is 0 Å². The number of carbonyl (C=O) groups is 2. The Morgan fingerprint density at radius 3 is 2.39 bits per heavy atom. The molecule has 236 valence electrons. The summed E-state index contributed by atoms with van der Waals surface area (Å²) in [5.74, 6) is -1.83. The number of amides is 2. The van der Waals surface area contributed by atoms with E-state index in [0.717, 1.165) is 24.1 Å². The average Bonchev–Trinajstić information content (AvgIpc) is 3.74. The number of hydrogen-bond acceptors (Lipinski definition) is 6. The van der Waals surface area contributed by atoms with E-state index in [2.05, 4.69) is 10.3 Å². The molecule has 1 aliphatic rings. The smallest absolute Gasteiger partial charge is 0.261 e. The summed E-state index contributed by atoms with van der Waals surface area (Å²) >= 11 is 1.22. The van der Waals surface area contributed by atoms with Gasteiger partial charge in [0.05, 0.1) is 39.6 Å². The Morgan fingerprint density at radius 2 is 1.70 bits per heavy atom. The van der Waals surface area contributed by atoms with Crippen LogP contribution in [0.2, 0.25) is 0 Å². The highest BCUT2D eigenvalue weighted by molar-refractivity contribution is 7.17. The fourth-order valence-electron chi connectivity index (χ4n) is 5.76. The zero-order valence-electron chi connectivity index (χ0n) is 25.5. The van der Waals surface area contributed by atoms with Crippen molar-refractivity contribution in [3.8, 4) is 21.8 Å². The summed E-state index contributed by atoms with van der Waals surface area (Å²) in [7, 11) is 0. The van der Waals surface area contributed by atoms with Crippen molar-refractivity contribution in [1.82, 2.24) is 20.2 Å². The van der Waals surface area contributed by atoms with Crippen LogP contribution in [-0.2, 0) is 25.9 Å². The summed E-state index contributed by atoms with van der Waals surface area (Å²) in [4.78, 5) is 39.5. The molecule has 4 heterocycles. The van der Waals surface area contributed by atoms with Crippen molar-refractivity contribution < 1.29 is 27.2 Å². The van der Waals surface area contributed by atoms with Crippen LogP contribution in [0, 0.1) is 31.3 Å². The molecule has 2 aromatic carbocycles. The van der Waals surface area contributed by atoms with Crippen LogP contribution in [0.5, 0.6) is 0 Å². The maximum Gasteiger partial charge on any atom is 0.261 e. The third kappa shape index (κ3) is 6.19.